The van der Waals surface area contributed by atoms with Gasteiger partial charge >= 0.3 is 0 Å². The Labute approximate surface area is 103 Å². The Morgan fingerprint density at radius 1 is 1.24 bits per heavy atom. The van der Waals surface area contributed by atoms with Crippen molar-refractivity contribution in [1.29, 1.82) is 0 Å². The average molecular weight is 231 g/mol. The summed E-state index contributed by atoms with van der Waals surface area (Å²) in [6.45, 7) is 4.37. The second kappa shape index (κ2) is 4.43. The molecule has 3 rings (SSSR count). The number of hydrogen-bond donors (Lipinski definition) is 1. The maximum atomic E-state index is 5.71. The fourth-order valence-corrected chi connectivity index (χ4v) is 3.05. The second-order valence-electron chi connectivity index (χ2n) is 5.49. The highest BCUT2D eigenvalue weighted by Gasteiger charge is 2.30. The predicted octanol–water partition coefficient (Wildman–Crippen LogP) is 3.14. The molecule has 17 heavy (non-hydrogen) atoms. The van der Waals surface area contributed by atoms with Crippen molar-refractivity contribution in [3.63, 3.8) is 0 Å². The summed E-state index contributed by atoms with van der Waals surface area (Å²) in [5, 5.41) is 3.61. The van der Waals surface area contributed by atoms with Gasteiger partial charge in [0.2, 0.25) is 0 Å². The third-order valence-electron chi connectivity index (χ3n) is 4.22. The van der Waals surface area contributed by atoms with Crippen LogP contribution in [0.25, 0.3) is 0 Å². The van der Waals surface area contributed by atoms with Crippen molar-refractivity contribution < 1.29 is 4.74 Å². The molecule has 0 spiro atoms. The number of benzene rings is 1. The van der Waals surface area contributed by atoms with E-state index in [9.17, 15) is 0 Å². The van der Waals surface area contributed by atoms with Crippen LogP contribution < -0.4 is 5.32 Å². The number of nitrogens with one attached hydrogen (secondary N) is 1. The molecule has 1 aromatic rings. The van der Waals surface area contributed by atoms with Crippen LogP contribution in [-0.4, -0.2) is 13.2 Å². The van der Waals surface area contributed by atoms with Gasteiger partial charge in [-0.3, -0.25) is 0 Å². The third-order valence-corrected chi connectivity index (χ3v) is 4.22. The number of ether oxygens (including phenoxy) is 1. The van der Waals surface area contributed by atoms with Crippen LogP contribution in [-0.2, 0) is 10.3 Å². The lowest BCUT2D eigenvalue weighted by atomic mass is 9.89. The van der Waals surface area contributed by atoms with Crippen molar-refractivity contribution in [2.24, 2.45) is 0 Å². The highest BCUT2D eigenvalue weighted by molar-refractivity contribution is 5.30. The quantitative estimate of drug-likeness (QED) is 0.844. The Hall–Kier alpha value is -0.860. The lowest BCUT2D eigenvalue weighted by Crippen LogP contribution is -2.33. The summed E-state index contributed by atoms with van der Waals surface area (Å²) in [5.74, 6) is 0. The Bertz CT molecular complexity index is 372. The van der Waals surface area contributed by atoms with E-state index in [1.807, 2.05) is 0 Å². The zero-order chi connectivity index (χ0) is 11.7. The van der Waals surface area contributed by atoms with Gasteiger partial charge in [-0.15, -0.1) is 0 Å². The molecule has 2 atom stereocenters. The zero-order valence-corrected chi connectivity index (χ0v) is 10.5. The van der Waals surface area contributed by atoms with E-state index < -0.39 is 0 Å². The fourth-order valence-electron chi connectivity index (χ4n) is 3.05. The summed E-state index contributed by atoms with van der Waals surface area (Å²) >= 11 is 0. The predicted molar refractivity (Wildman–Crippen MR) is 69.0 cm³/mol. The van der Waals surface area contributed by atoms with E-state index in [-0.39, 0.29) is 5.54 Å². The summed E-state index contributed by atoms with van der Waals surface area (Å²) in [5.41, 5.74) is 2.94. The summed E-state index contributed by atoms with van der Waals surface area (Å²) < 4.78 is 5.71. The minimum Gasteiger partial charge on any atom is -0.374 e. The molecule has 2 nitrogen and oxygen atoms in total. The third kappa shape index (κ3) is 2.12. The van der Waals surface area contributed by atoms with Gasteiger partial charge in [-0.25, -0.2) is 0 Å². The van der Waals surface area contributed by atoms with Crippen molar-refractivity contribution in [1.82, 2.24) is 5.32 Å². The highest BCUT2D eigenvalue weighted by atomic mass is 16.5. The van der Waals surface area contributed by atoms with Gasteiger partial charge in [-0.2, -0.15) is 0 Å². The van der Waals surface area contributed by atoms with Gasteiger partial charge in [-0.05, 0) is 50.3 Å². The minimum absolute atomic E-state index is 0.190. The molecule has 2 saturated heterocycles. The summed E-state index contributed by atoms with van der Waals surface area (Å²) in [6, 6.07) is 9.04. The normalized spacial score (nSPS) is 33.1. The van der Waals surface area contributed by atoms with E-state index >= 15 is 0 Å². The van der Waals surface area contributed by atoms with Gasteiger partial charge in [0.05, 0.1) is 6.10 Å². The first-order chi connectivity index (χ1) is 8.28. The van der Waals surface area contributed by atoms with Crippen LogP contribution in [0, 0.1) is 0 Å². The molecule has 1 aromatic carbocycles. The topological polar surface area (TPSA) is 21.3 Å². The molecule has 0 bridgehead atoms. The van der Waals surface area contributed by atoms with Gasteiger partial charge in [0.15, 0.2) is 0 Å². The molecule has 92 valence electrons. The van der Waals surface area contributed by atoms with Gasteiger partial charge in [-0.1, -0.05) is 24.3 Å². The zero-order valence-electron chi connectivity index (χ0n) is 10.5. The van der Waals surface area contributed by atoms with Crippen molar-refractivity contribution in [3.05, 3.63) is 35.4 Å². The van der Waals surface area contributed by atoms with E-state index in [2.05, 4.69) is 36.5 Å². The van der Waals surface area contributed by atoms with E-state index in [4.69, 9.17) is 4.74 Å². The number of hydrogen-bond acceptors (Lipinski definition) is 2. The first kappa shape index (κ1) is 11.2. The summed E-state index contributed by atoms with van der Waals surface area (Å²) in [7, 11) is 0. The van der Waals surface area contributed by atoms with E-state index in [0.29, 0.717) is 6.10 Å². The molecule has 1 N–H and O–H groups in total. The molecule has 0 radical (unpaired) electrons. The first-order valence-electron chi connectivity index (χ1n) is 6.75. The molecule has 2 aliphatic heterocycles. The van der Waals surface area contributed by atoms with Crippen LogP contribution in [0.4, 0.5) is 0 Å². The van der Waals surface area contributed by atoms with Crippen molar-refractivity contribution in [2.75, 3.05) is 13.2 Å². The molecule has 2 fully saturated rings. The molecule has 0 aliphatic carbocycles. The molecular formula is C15H21NO. The van der Waals surface area contributed by atoms with Gasteiger partial charge in [0.25, 0.3) is 0 Å². The first-order valence-corrected chi connectivity index (χ1v) is 6.75. The molecule has 2 unspecified atom stereocenters. The van der Waals surface area contributed by atoms with Crippen LogP contribution >= 0.6 is 0 Å². The van der Waals surface area contributed by atoms with Crippen LogP contribution in [0.5, 0.6) is 0 Å². The highest BCUT2D eigenvalue weighted by Crippen LogP contribution is 2.33. The van der Waals surface area contributed by atoms with Gasteiger partial charge < -0.3 is 10.1 Å². The van der Waals surface area contributed by atoms with Crippen molar-refractivity contribution in [3.8, 4) is 0 Å². The second-order valence-corrected chi connectivity index (χ2v) is 5.49. The Kier molecular flexibility index (Phi) is 2.93. The maximum absolute atomic E-state index is 5.71. The van der Waals surface area contributed by atoms with Crippen molar-refractivity contribution >= 4 is 0 Å². The van der Waals surface area contributed by atoms with E-state index in [1.54, 1.807) is 0 Å². The van der Waals surface area contributed by atoms with Crippen molar-refractivity contribution in [2.45, 2.75) is 44.2 Å². The monoisotopic (exact) mass is 231 g/mol. The molecule has 2 heterocycles. The largest absolute Gasteiger partial charge is 0.374 e. The average Bonchev–Trinajstić information content (AvgIpc) is 3.01. The van der Waals surface area contributed by atoms with Gasteiger partial charge in [0.1, 0.15) is 0 Å². The lowest BCUT2D eigenvalue weighted by molar-refractivity contribution is 0.112. The molecule has 2 heteroatoms. The lowest BCUT2D eigenvalue weighted by Gasteiger charge is -2.25. The van der Waals surface area contributed by atoms with Crippen LogP contribution in [0.2, 0.25) is 0 Å². The van der Waals surface area contributed by atoms with Crippen LogP contribution in [0.3, 0.4) is 0 Å². The van der Waals surface area contributed by atoms with Crippen LogP contribution in [0.1, 0.15) is 49.8 Å². The molecule has 2 aliphatic rings. The smallest absolute Gasteiger partial charge is 0.0825 e. The molecule has 0 aromatic heterocycles. The Morgan fingerprint density at radius 3 is 2.65 bits per heavy atom. The summed E-state index contributed by atoms with van der Waals surface area (Å²) in [4.78, 5) is 0. The number of rotatable bonds is 2. The molecule has 0 saturated carbocycles. The Morgan fingerprint density at radius 2 is 2.06 bits per heavy atom. The van der Waals surface area contributed by atoms with E-state index in [0.717, 1.165) is 13.2 Å². The SMILES string of the molecule is CC1(c2ccc(C3CCCO3)cc2)CCCN1. The molecule has 0 amide bonds. The minimum atomic E-state index is 0.190. The fraction of sp³-hybridized carbons (Fsp3) is 0.600. The standard InChI is InChI=1S/C15H21NO/c1-15(9-3-10-16-15)13-7-5-12(6-8-13)14-4-2-11-17-14/h5-8,14,16H,2-4,9-11H2,1H3. The van der Waals surface area contributed by atoms with Gasteiger partial charge in [0, 0.05) is 12.1 Å². The van der Waals surface area contributed by atoms with E-state index in [1.165, 1.54) is 36.8 Å². The Balaban J connectivity index is 1.79. The maximum Gasteiger partial charge on any atom is 0.0825 e. The molecular weight excluding hydrogens is 210 g/mol. The summed E-state index contributed by atoms with van der Waals surface area (Å²) in [6.07, 6.45) is 5.24. The van der Waals surface area contributed by atoms with Crippen LogP contribution in [0.15, 0.2) is 24.3 Å².